The number of carbonyl (C=O) groups is 2. The van der Waals surface area contributed by atoms with Crippen LogP contribution in [0, 0.1) is 11.3 Å². The van der Waals surface area contributed by atoms with E-state index in [0.29, 0.717) is 24.9 Å². The van der Waals surface area contributed by atoms with E-state index in [1.807, 2.05) is 18.7 Å². The summed E-state index contributed by atoms with van der Waals surface area (Å²) < 4.78 is 0. The Bertz CT molecular complexity index is 473. The van der Waals surface area contributed by atoms with Crippen LogP contribution >= 0.6 is 0 Å². The van der Waals surface area contributed by atoms with Gasteiger partial charge >= 0.3 is 6.03 Å². The number of nitrogens with one attached hydrogen (secondary N) is 1. The number of nitrogens with zero attached hydrogens (tertiary/aromatic N) is 2. The van der Waals surface area contributed by atoms with Crippen molar-refractivity contribution in [2.24, 2.45) is 11.3 Å². The summed E-state index contributed by atoms with van der Waals surface area (Å²) in [6, 6.07) is 0.123. The van der Waals surface area contributed by atoms with Crippen molar-refractivity contribution in [2.45, 2.75) is 71.3 Å². The van der Waals surface area contributed by atoms with Gasteiger partial charge in [-0.3, -0.25) is 4.79 Å². The first-order valence-electron chi connectivity index (χ1n) is 9.85. The van der Waals surface area contributed by atoms with E-state index in [-0.39, 0.29) is 17.5 Å². The van der Waals surface area contributed by atoms with Crippen LogP contribution in [0.4, 0.5) is 4.79 Å². The maximum atomic E-state index is 13.2. The molecule has 24 heavy (non-hydrogen) atoms. The Balaban J connectivity index is 1.61. The van der Waals surface area contributed by atoms with Crippen molar-refractivity contribution in [1.29, 1.82) is 0 Å². The Morgan fingerprint density at radius 2 is 1.92 bits per heavy atom. The summed E-state index contributed by atoms with van der Waals surface area (Å²) >= 11 is 0. The second-order valence-corrected chi connectivity index (χ2v) is 8.41. The Morgan fingerprint density at radius 1 is 1.17 bits per heavy atom. The van der Waals surface area contributed by atoms with Gasteiger partial charge in [0.05, 0.1) is 5.41 Å². The molecule has 2 saturated heterocycles. The Kier molecular flexibility index (Phi) is 5.36. The van der Waals surface area contributed by atoms with Crippen LogP contribution in [0.5, 0.6) is 0 Å². The quantitative estimate of drug-likeness (QED) is 0.862. The van der Waals surface area contributed by atoms with E-state index in [1.54, 1.807) is 0 Å². The van der Waals surface area contributed by atoms with Crippen LogP contribution < -0.4 is 5.32 Å². The number of urea groups is 1. The zero-order chi connectivity index (χ0) is 17.2. The van der Waals surface area contributed by atoms with E-state index >= 15 is 0 Å². The first-order valence-corrected chi connectivity index (χ1v) is 9.85. The molecule has 0 unspecified atom stereocenters. The van der Waals surface area contributed by atoms with Gasteiger partial charge in [-0.15, -0.1) is 0 Å². The summed E-state index contributed by atoms with van der Waals surface area (Å²) in [4.78, 5) is 29.4. The van der Waals surface area contributed by atoms with E-state index < -0.39 is 0 Å². The number of piperidine rings is 1. The van der Waals surface area contributed by atoms with Gasteiger partial charge in [0.1, 0.15) is 0 Å². The number of hydrogen-bond donors (Lipinski definition) is 1. The molecule has 0 aromatic rings. The van der Waals surface area contributed by atoms with Crippen LogP contribution in [-0.4, -0.2) is 54.0 Å². The number of hydrogen-bond acceptors (Lipinski definition) is 2. The van der Waals surface area contributed by atoms with Crippen molar-refractivity contribution < 1.29 is 9.59 Å². The molecule has 3 amide bonds. The molecule has 0 aromatic heterocycles. The summed E-state index contributed by atoms with van der Waals surface area (Å²) in [5.41, 5.74) is -0.304. The van der Waals surface area contributed by atoms with E-state index in [9.17, 15) is 9.59 Å². The molecule has 136 valence electrons. The van der Waals surface area contributed by atoms with Crippen molar-refractivity contribution in [1.82, 2.24) is 15.1 Å². The van der Waals surface area contributed by atoms with Crippen molar-refractivity contribution >= 4 is 11.9 Å². The molecule has 0 aromatic carbocycles. The Hall–Kier alpha value is -1.26. The number of carbonyl (C=O) groups excluding carboxylic acids is 2. The third-order valence-electron chi connectivity index (χ3n) is 6.08. The highest BCUT2D eigenvalue weighted by Crippen LogP contribution is 2.40. The SMILES string of the molecule is CC(C)NC(=O)N1CC[C@@]2(CCCN(CC3CCCCC3)C2=O)C1. The third-order valence-corrected chi connectivity index (χ3v) is 6.08. The van der Waals surface area contributed by atoms with Gasteiger partial charge in [0.2, 0.25) is 5.91 Å². The molecule has 1 saturated carbocycles. The van der Waals surface area contributed by atoms with Gasteiger partial charge in [-0.2, -0.15) is 0 Å². The second-order valence-electron chi connectivity index (χ2n) is 8.41. The normalized spacial score (nSPS) is 28.9. The first kappa shape index (κ1) is 17.6. The lowest BCUT2D eigenvalue weighted by Gasteiger charge is -2.41. The minimum Gasteiger partial charge on any atom is -0.342 e. The molecule has 2 aliphatic heterocycles. The van der Waals surface area contributed by atoms with Crippen LogP contribution in [0.1, 0.15) is 65.2 Å². The predicted octanol–water partition coefficient (Wildman–Crippen LogP) is 3.00. The summed E-state index contributed by atoms with van der Waals surface area (Å²) in [6.45, 7) is 7.12. The van der Waals surface area contributed by atoms with Gasteiger partial charge in [-0.25, -0.2) is 4.79 Å². The molecular formula is C19H33N3O2. The maximum absolute atomic E-state index is 13.2. The third kappa shape index (κ3) is 3.70. The van der Waals surface area contributed by atoms with E-state index in [0.717, 1.165) is 32.4 Å². The van der Waals surface area contributed by atoms with Crippen LogP contribution in [0.15, 0.2) is 0 Å². The molecular weight excluding hydrogens is 302 g/mol. The molecule has 5 nitrogen and oxygen atoms in total. The number of amides is 3. The fourth-order valence-corrected chi connectivity index (χ4v) is 4.77. The molecule has 0 radical (unpaired) electrons. The maximum Gasteiger partial charge on any atom is 0.317 e. The largest absolute Gasteiger partial charge is 0.342 e. The molecule has 3 fully saturated rings. The Morgan fingerprint density at radius 3 is 2.62 bits per heavy atom. The highest BCUT2D eigenvalue weighted by atomic mass is 16.2. The molecule has 1 aliphatic carbocycles. The van der Waals surface area contributed by atoms with E-state index in [1.165, 1.54) is 32.1 Å². The van der Waals surface area contributed by atoms with Crippen LogP contribution in [0.3, 0.4) is 0 Å². The van der Waals surface area contributed by atoms with Gasteiger partial charge in [0.15, 0.2) is 0 Å². The molecule has 5 heteroatoms. The fraction of sp³-hybridized carbons (Fsp3) is 0.895. The number of likely N-dealkylation sites (tertiary alicyclic amines) is 2. The lowest BCUT2D eigenvalue weighted by Crippen LogP contribution is -2.52. The first-order chi connectivity index (χ1) is 11.5. The van der Waals surface area contributed by atoms with Crippen LogP contribution in [0.2, 0.25) is 0 Å². The highest BCUT2D eigenvalue weighted by molar-refractivity contribution is 5.85. The smallest absolute Gasteiger partial charge is 0.317 e. The van der Waals surface area contributed by atoms with Crippen molar-refractivity contribution in [3.63, 3.8) is 0 Å². The van der Waals surface area contributed by atoms with E-state index in [2.05, 4.69) is 10.2 Å². The molecule has 0 bridgehead atoms. The number of rotatable bonds is 3. The van der Waals surface area contributed by atoms with Crippen LogP contribution in [-0.2, 0) is 4.79 Å². The predicted molar refractivity (Wildman–Crippen MR) is 94.7 cm³/mol. The lowest BCUT2D eigenvalue weighted by atomic mass is 9.77. The minimum atomic E-state index is -0.304. The summed E-state index contributed by atoms with van der Waals surface area (Å²) in [5, 5.41) is 2.96. The minimum absolute atomic E-state index is 0.0147. The summed E-state index contributed by atoms with van der Waals surface area (Å²) in [6.07, 6.45) is 9.41. The van der Waals surface area contributed by atoms with Gasteiger partial charge in [-0.05, 0) is 51.9 Å². The highest BCUT2D eigenvalue weighted by Gasteiger charge is 2.49. The topological polar surface area (TPSA) is 52.7 Å². The average Bonchev–Trinajstić information content (AvgIpc) is 2.98. The molecule has 2 heterocycles. The summed E-state index contributed by atoms with van der Waals surface area (Å²) in [7, 11) is 0. The van der Waals surface area contributed by atoms with Crippen molar-refractivity contribution in [3.05, 3.63) is 0 Å². The van der Waals surface area contributed by atoms with Crippen LogP contribution in [0.25, 0.3) is 0 Å². The van der Waals surface area contributed by atoms with Crippen molar-refractivity contribution in [2.75, 3.05) is 26.2 Å². The molecule has 1 spiro atoms. The summed E-state index contributed by atoms with van der Waals surface area (Å²) in [5.74, 6) is 1.01. The average molecular weight is 335 g/mol. The fourth-order valence-electron chi connectivity index (χ4n) is 4.77. The van der Waals surface area contributed by atoms with Gasteiger partial charge < -0.3 is 15.1 Å². The molecule has 3 rings (SSSR count). The zero-order valence-electron chi connectivity index (χ0n) is 15.4. The van der Waals surface area contributed by atoms with Gasteiger partial charge in [0.25, 0.3) is 0 Å². The standard InChI is InChI=1S/C19H33N3O2/c1-15(2)20-18(24)22-12-10-19(14-22)9-6-11-21(17(19)23)13-16-7-4-3-5-8-16/h15-16H,3-14H2,1-2H3,(H,20,24)/t19-/m0/s1. The second kappa shape index (κ2) is 7.32. The monoisotopic (exact) mass is 335 g/mol. The molecule has 1 N–H and O–H groups in total. The van der Waals surface area contributed by atoms with Gasteiger partial charge in [0, 0.05) is 32.2 Å². The molecule has 3 aliphatic rings. The zero-order valence-corrected chi connectivity index (χ0v) is 15.4. The molecule has 1 atom stereocenters. The lowest BCUT2D eigenvalue weighted by molar-refractivity contribution is -0.146. The van der Waals surface area contributed by atoms with Crippen molar-refractivity contribution in [3.8, 4) is 0 Å². The van der Waals surface area contributed by atoms with E-state index in [4.69, 9.17) is 0 Å². The van der Waals surface area contributed by atoms with Gasteiger partial charge in [-0.1, -0.05) is 19.3 Å². The Labute approximate surface area is 146 Å².